The standard InChI is InChI=1S/C12H11NO4/c1-7(14)4-8-2-3-9(5-10(8)6-13)11(15)12(16)17/h2-3,5,11,15H,4H2,1H3,(H,16,17). The zero-order valence-electron chi connectivity index (χ0n) is 9.17. The highest BCUT2D eigenvalue weighted by molar-refractivity contribution is 5.79. The predicted octanol–water partition coefficient (Wildman–Crippen LogP) is 0.808. The van der Waals surface area contributed by atoms with Gasteiger partial charge in [-0.25, -0.2) is 4.79 Å². The predicted molar refractivity (Wildman–Crippen MR) is 58.1 cm³/mol. The Morgan fingerprint density at radius 2 is 2.12 bits per heavy atom. The van der Waals surface area contributed by atoms with Crippen molar-refractivity contribution in [2.75, 3.05) is 0 Å². The number of aliphatic hydroxyl groups excluding tert-OH is 1. The number of aliphatic carboxylic acids is 1. The molecule has 88 valence electrons. The molecule has 0 amide bonds. The van der Waals surface area contributed by atoms with E-state index < -0.39 is 12.1 Å². The second-order valence-electron chi connectivity index (χ2n) is 3.65. The fraction of sp³-hybridized carbons (Fsp3) is 0.250. The molecule has 0 heterocycles. The van der Waals surface area contributed by atoms with Gasteiger partial charge in [-0.15, -0.1) is 0 Å². The van der Waals surface area contributed by atoms with Crippen molar-refractivity contribution in [3.63, 3.8) is 0 Å². The second-order valence-corrected chi connectivity index (χ2v) is 3.65. The fourth-order valence-electron chi connectivity index (χ4n) is 1.43. The summed E-state index contributed by atoms with van der Waals surface area (Å²) in [7, 11) is 0. The van der Waals surface area contributed by atoms with E-state index in [1.165, 1.54) is 25.1 Å². The van der Waals surface area contributed by atoms with Gasteiger partial charge in [0.05, 0.1) is 11.6 Å². The molecule has 0 aromatic heterocycles. The number of hydrogen-bond donors (Lipinski definition) is 2. The summed E-state index contributed by atoms with van der Waals surface area (Å²) in [6.45, 7) is 1.40. The Morgan fingerprint density at radius 3 is 2.59 bits per heavy atom. The van der Waals surface area contributed by atoms with E-state index in [2.05, 4.69) is 0 Å². The number of Topliss-reactive ketones (excluding diaryl/α,β-unsaturated/α-hetero) is 1. The van der Waals surface area contributed by atoms with Crippen LogP contribution in [0.25, 0.3) is 0 Å². The molecule has 5 heteroatoms. The first-order chi connectivity index (χ1) is 7.95. The zero-order chi connectivity index (χ0) is 13.0. The maximum atomic E-state index is 11.0. The highest BCUT2D eigenvalue weighted by Crippen LogP contribution is 2.18. The van der Waals surface area contributed by atoms with E-state index in [1.54, 1.807) is 0 Å². The molecule has 1 unspecified atom stereocenters. The number of rotatable bonds is 4. The summed E-state index contributed by atoms with van der Waals surface area (Å²) in [4.78, 5) is 21.5. The van der Waals surface area contributed by atoms with E-state index in [0.717, 1.165) is 0 Å². The Balaban J connectivity index is 3.13. The third-order valence-corrected chi connectivity index (χ3v) is 2.24. The molecule has 5 nitrogen and oxygen atoms in total. The molecule has 1 rings (SSSR count). The van der Waals surface area contributed by atoms with E-state index in [0.29, 0.717) is 5.56 Å². The van der Waals surface area contributed by atoms with Crippen LogP contribution in [0.4, 0.5) is 0 Å². The van der Waals surface area contributed by atoms with Crippen LogP contribution in [-0.4, -0.2) is 22.0 Å². The van der Waals surface area contributed by atoms with Gasteiger partial charge < -0.3 is 10.2 Å². The molecule has 0 saturated carbocycles. The van der Waals surface area contributed by atoms with Crippen LogP contribution in [0.15, 0.2) is 18.2 Å². The number of benzene rings is 1. The third-order valence-electron chi connectivity index (χ3n) is 2.24. The van der Waals surface area contributed by atoms with Gasteiger partial charge in [0, 0.05) is 6.42 Å². The van der Waals surface area contributed by atoms with Gasteiger partial charge in [0.15, 0.2) is 6.10 Å². The summed E-state index contributed by atoms with van der Waals surface area (Å²) in [5, 5.41) is 26.8. The van der Waals surface area contributed by atoms with Crippen molar-refractivity contribution in [3.05, 3.63) is 34.9 Å². The Bertz CT molecular complexity index is 502. The lowest BCUT2D eigenvalue weighted by atomic mass is 9.98. The van der Waals surface area contributed by atoms with E-state index >= 15 is 0 Å². The quantitative estimate of drug-likeness (QED) is 0.801. The summed E-state index contributed by atoms with van der Waals surface area (Å²) in [6.07, 6.45) is -1.54. The van der Waals surface area contributed by atoms with Crippen molar-refractivity contribution < 1.29 is 19.8 Å². The first-order valence-corrected chi connectivity index (χ1v) is 4.89. The minimum Gasteiger partial charge on any atom is -0.479 e. The average molecular weight is 233 g/mol. The SMILES string of the molecule is CC(=O)Cc1ccc(C(O)C(=O)O)cc1C#N. The average Bonchev–Trinajstić information content (AvgIpc) is 2.27. The molecule has 1 atom stereocenters. The van der Waals surface area contributed by atoms with Crippen LogP contribution in [0.2, 0.25) is 0 Å². The molecule has 0 bridgehead atoms. The van der Waals surface area contributed by atoms with Gasteiger partial charge in [-0.3, -0.25) is 4.79 Å². The lowest BCUT2D eigenvalue weighted by molar-refractivity contribution is -0.147. The monoisotopic (exact) mass is 233 g/mol. The van der Waals surface area contributed by atoms with E-state index in [4.69, 9.17) is 10.4 Å². The Labute approximate surface area is 97.9 Å². The molecule has 0 saturated heterocycles. The van der Waals surface area contributed by atoms with Gasteiger partial charge in [-0.1, -0.05) is 12.1 Å². The van der Waals surface area contributed by atoms with Gasteiger partial charge >= 0.3 is 5.97 Å². The van der Waals surface area contributed by atoms with Crippen molar-refractivity contribution in [2.45, 2.75) is 19.4 Å². The third kappa shape index (κ3) is 3.13. The molecule has 17 heavy (non-hydrogen) atoms. The van der Waals surface area contributed by atoms with Gasteiger partial charge in [-0.2, -0.15) is 5.26 Å². The molecule has 0 aliphatic rings. The van der Waals surface area contributed by atoms with Crippen molar-refractivity contribution >= 4 is 11.8 Å². The Hall–Kier alpha value is -2.19. The normalized spacial score (nSPS) is 11.6. The number of hydrogen-bond acceptors (Lipinski definition) is 4. The molecule has 0 radical (unpaired) electrons. The summed E-state index contributed by atoms with van der Waals surface area (Å²) in [5.74, 6) is -1.47. The summed E-state index contributed by atoms with van der Waals surface area (Å²) in [6, 6.07) is 6.06. The minimum absolute atomic E-state index is 0.0898. The molecule has 1 aromatic rings. The molecular weight excluding hydrogens is 222 g/mol. The lowest BCUT2D eigenvalue weighted by Crippen LogP contribution is -2.11. The first-order valence-electron chi connectivity index (χ1n) is 4.89. The number of carboxylic acid groups (broad SMARTS) is 1. The number of carbonyl (C=O) groups is 2. The molecule has 2 N–H and O–H groups in total. The zero-order valence-corrected chi connectivity index (χ0v) is 9.17. The van der Waals surface area contributed by atoms with Gasteiger partial charge in [-0.05, 0) is 24.1 Å². The van der Waals surface area contributed by atoms with E-state index in [9.17, 15) is 14.7 Å². The largest absolute Gasteiger partial charge is 0.479 e. The highest BCUT2D eigenvalue weighted by Gasteiger charge is 2.17. The van der Waals surface area contributed by atoms with Crippen molar-refractivity contribution in [1.82, 2.24) is 0 Å². The molecule has 0 fully saturated rings. The Kier molecular flexibility index (Phi) is 3.96. The number of nitrogens with zero attached hydrogens (tertiary/aromatic N) is 1. The number of carboxylic acids is 1. The van der Waals surface area contributed by atoms with Crippen LogP contribution in [0.1, 0.15) is 29.7 Å². The first kappa shape index (κ1) is 12.9. The van der Waals surface area contributed by atoms with Gasteiger partial charge in [0.25, 0.3) is 0 Å². The molecule has 0 aliphatic carbocycles. The molecule has 1 aromatic carbocycles. The van der Waals surface area contributed by atoms with E-state index in [-0.39, 0.29) is 23.3 Å². The van der Waals surface area contributed by atoms with Gasteiger partial charge in [0.1, 0.15) is 5.78 Å². The second kappa shape index (κ2) is 5.23. The smallest absolute Gasteiger partial charge is 0.337 e. The number of aliphatic hydroxyl groups is 1. The number of nitriles is 1. The van der Waals surface area contributed by atoms with Crippen LogP contribution in [-0.2, 0) is 16.0 Å². The van der Waals surface area contributed by atoms with Crippen LogP contribution in [0.3, 0.4) is 0 Å². The van der Waals surface area contributed by atoms with Crippen LogP contribution in [0, 0.1) is 11.3 Å². The topological polar surface area (TPSA) is 98.4 Å². The fourth-order valence-corrected chi connectivity index (χ4v) is 1.43. The number of carbonyl (C=O) groups excluding carboxylic acids is 1. The molecule has 0 aliphatic heterocycles. The lowest BCUT2D eigenvalue weighted by Gasteiger charge is -2.08. The van der Waals surface area contributed by atoms with Crippen molar-refractivity contribution in [1.29, 1.82) is 5.26 Å². The van der Waals surface area contributed by atoms with E-state index in [1.807, 2.05) is 6.07 Å². The molecule has 0 spiro atoms. The maximum Gasteiger partial charge on any atom is 0.337 e. The maximum absolute atomic E-state index is 11.0. The van der Waals surface area contributed by atoms with Crippen LogP contribution in [0.5, 0.6) is 0 Å². The Morgan fingerprint density at radius 1 is 1.47 bits per heavy atom. The summed E-state index contributed by atoms with van der Waals surface area (Å²) >= 11 is 0. The van der Waals surface area contributed by atoms with Crippen LogP contribution < -0.4 is 0 Å². The summed E-state index contributed by atoms with van der Waals surface area (Å²) < 4.78 is 0. The summed E-state index contributed by atoms with van der Waals surface area (Å²) in [5.41, 5.74) is 0.862. The van der Waals surface area contributed by atoms with Crippen molar-refractivity contribution in [2.24, 2.45) is 0 Å². The highest BCUT2D eigenvalue weighted by atomic mass is 16.4. The van der Waals surface area contributed by atoms with Crippen molar-refractivity contribution in [3.8, 4) is 6.07 Å². The minimum atomic E-state index is -1.66. The van der Waals surface area contributed by atoms with Gasteiger partial charge in [0.2, 0.25) is 0 Å². The molecular formula is C12H11NO4. The number of ketones is 1. The van der Waals surface area contributed by atoms with Crippen LogP contribution >= 0.6 is 0 Å².